The van der Waals surface area contributed by atoms with Crippen molar-refractivity contribution in [3.8, 4) is 0 Å². The van der Waals surface area contributed by atoms with Gasteiger partial charge in [0.05, 0.1) is 6.04 Å². The zero-order valence-electron chi connectivity index (χ0n) is 11.3. The summed E-state index contributed by atoms with van der Waals surface area (Å²) in [4.78, 5) is 9.15. The highest BCUT2D eigenvalue weighted by atomic mass is 79.9. The third kappa shape index (κ3) is 2.08. The van der Waals surface area contributed by atoms with Gasteiger partial charge in [0.1, 0.15) is 22.0 Å². The summed E-state index contributed by atoms with van der Waals surface area (Å²) in [7, 11) is 0. The van der Waals surface area contributed by atoms with E-state index in [9.17, 15) is 5.11 Å². The number of benzene rings is 1. The molecule has 2 aromatic heterocycles. The minimum Gasteiger partial charge on any atom is -0.385 e. The van der Waals surface area contributed by atoms with Crippen molar-refractivity contribution in [3.63, 3.8) is 0 Å². The fourth-order valence-corrected chi connectivity index (χ4v) is 3.38. The van der Waals surface area contributed by atoms with E-state index < -0.39 is 6.10 Å². The van der Waals surface area contributed by atoms with Crippen molar-refractivity contribution in [2.75, 3.05) is 0 Å². The van der Waals surface area contributed by atoms with Crippen molar-refractivity contribution in [3.05, 3.63) is 58.5 Å². The Balaban J connectivity index is 1.98. The van der Waals surface area contributed by atoms with E-state index >= 15 is 0 Å². The van der Waals surface area contributed by atoms with Gasteiger partial charge >= 0.3 is 0 Å². The molecule has 21 heavy (non-hydrogen) atoms. The van der Waals surface area contributed by atoms with Crippen molar-refractivity contribution in [1.82, 2.24) is 14.5 Å². The van der Waals surface area contributed by atoms with Gasteiger partial charge in [0, 0.05) is 0 Å². The molecular weight excluding hydrogens is 330 g/mol. The molecule has 0 aliphatic carbocycles. The summed E-state index contributed by atoms with van der Waals surface area (Å²) in [5.41, 5.74) is 2.88. The Morgan fingerprint density at radius 3 is 2.67 bits per heavy atom. The van der Waals surface area contributed by atoms with Gasteiger partial charge in [0.2, 0.25) is 0 Å². The average Bonchev–Trinajstić information content (AvgIpc) is 2.88. The number of aromatic nitrogens is 3. The number of pyridine rings is 1. The van der Waals surface area contributed by atoms with Gasteiger partial charge in [-0.15, -0.1) is 0 Å². The maximum atomic E-state index is 10.3. The highest BCUT2D eigenvalue weighted by molar-refractivity contribution is 9.10. The van der Waals surface area contributed by atoms with E-state index in [-0.39, 0.29) is 6.04 Å². The molecule has 0 bridgehead atoms. The van der Waals surface area contributed by atoms with Crippen molar-refractivity contribution in [1.29, 1.82) is 0 Å². The maximum absolute atomic E-state index is 10.3. The van der Waals surface area contributed by atoms with Crippen LogP contribution in [-0.4, -0.2) is 19.6 Å². The Labute approximate surface area is 130 Å². The molecule has 4 nitrogen and oxygen atoms in total. The second-order valence-electron chi connectivity index (χ2n) is 5.34. The van der Waals surface area contributed by atoms with Gasteiger partial charge in [-0.3, -0.25) is 0 Å². The van der Waals surface area contributed by atoms with Gasteiger partial charge in [0.15, 0.2) is 5.65 Å². The lowest BCUT2D eigenvalue weighted by Crippen LogP contribution is -2.22. The van der Waals surface area contributed by atoms with E-state index in [1.807, 2.05) is 30.3 Å². The average molecular weight is 344 g/mol. The quantitative estimate of drug-likeness (QED) is 0.686. The van der Waals surface area contributed by atoms with Crippen LogP contribution in [0.5, 0.6) is 0 Å². The highest BCUT2D eigenvalue weighted by Crippen LogP contribution is 2.38. The first-order chi connectivity index (χ1) is 10.2. The fourth-order valence-electron chi connectivity index (χ4n) is 3.08. The highest BCUT2D eigenvalue weighted by Gasteiger charge is 2.30. The molecule has 0 radical (unpaired) electrons. The molecule has 1 N–H and O–H groups in total. The van der Waals surface area contributed by atoms with Crippen LogP contribution < -0.4 is 0 Å². The van der Waals surface area contributed by atoms with Crippen LogP contribution in [0.25, 0.3) is 11.2 Å². The lowest BCUT2D eigenvalue weighted by atomic mass is 9.96. The molecule has 0 unspecified atom stereocenters. The maximum Gasteiger partial charge on any atom is 0.161 e. The van der Waals surface area contributed by atoms with Gasteiger partial charge in [-0.1, -0.05) is 30.3 Å². The molecular formula is C16H14BrN3O. The second-order valence-corrected chi connectivity index (χ2v) is 6.15. The third-order valence-corrected chi connectivity index (χ3v) is 4.48. The number of hydrogen-bond donors (Lipinski definition) is 1. The Hall–Kier alpha value is -1.72. The van der Waals surface area contributed by atoms with Gasteiger partial charge in [-0.05, 0) is 46.5 Å². The Kier molecular flexibility index (Phi) is 3.05. The standard InChI is InChI=1S/C16H14BrN3O/c17-14-9-6-11-15(19-14)20-12(10-4-2-1-3-5-10)7-8-13(21)16(20)18-11/h1-6,9,12-13,21H,7-8H2/t12-,13-/m1/s1. The Bertz CT molecular complexity index is 800. The summed E-state index contributed by atoms with van der Waals surface area (Å²) in [6.07, 6.45) is 1.10. The SMILES string of the molecule is O[C@@H]1CC[C@H](c2ccccc2)n2c1nc1ccc(Br)nc12. The van der Waals surface area contributed by atoms with E-state index in [4.69, 9.17) is 0 Å². The van der Waals surface area contributed by atoms with Crippen LogP contribution in [0.3, 0.4) is 0 Å². The number of aliphatic hydroxyl groups excluding tert-OH is 1. The predicted molar refractivity (Wildman–Crippen MR) is 84.0 cm³/mol. The number of fused-ring (bicyclic) bond motifs is 3. The molecule has 1 aliphatic rings. The smallest absolute Gasteiger partial charge is 0.161 e. The largest absolute Gasteiger partial charge is 0.385 e. The number of aliphatic hydroxyl groups is 1. The molecule has 1 aliphatic heterocycles. The van der Waals surface area contributed by atoms with Crippen LogP contribution in [0.2, 0.25) is 0 Å². The first kappa shape index (κ1) is 13.0. The van der Waals surface area contributed by atoms with Crippen LogP contribution in [0.4, 0.5) is 0 Å². The number of halogens is 1. The minimum atomic E-state index is -0.516. The molecule has 0 amide bonds. The number of hydrogen-bond acceptors (Lipinski definition) is 3. The van der Waals surface area contributed by atoms with Crippen molar-refractivity contribution in [2.45, 2.75) is 25.0 Å². The summed E-state index contributed by atoms with van der Waals surface area (Å²) >= 11 is 3.42. The van der Waals surface area contributed by atoms with E-state index in [2.05, 4.69) is 42.6 Å². The van der Waals surface area contributed by atoms with Crippen LogP contribution in [-0.2, 0) is 0 Å². The lowest BCUT2D eigenvalue weighted by molar-refractivity contribution is 0.128. The molecule has 106 valence electrons. The summed E-state index contributed by atoms with van der Waals surface area (Å²) in [6.45, 7) is 0. The summed E-state index contributed by atoms with van der Waals surface area (Å²) < 4.78 is 2.87. The molecule has 0 saturated carbocycles. The molecule has 2 atom stereocenters. The number of rotatable bonds is 1. The van der Waals surface area contributed by atoms with Crippen LogP contribution in [0, 0.1) is 0 Å². The summed E-state index contributed by atoms with van der Waals surface area (Å²) in [5.74, 6) is 0.718. The molecule has 1 aromatic carbocycles. The summed E-state index contributed by atoms with van der Waals surface area (Å²) in [5, 5.41) is 10.3. The minimum absolute atomic E-state index is 0.177. The van der Waals surface area contributed by atoms with Crippen molar-refractivity contribution < 1.29 is 5.11 Å². The summed E-state index contributed by atoms with van der Waals surface area (Å²) in [6, 6.07) is 14.3. The van der Waals surface area contributed by atoms with Crippen LogP contribution in [0.15, 0.2) is 47.1 Å². The van der Waals surface area contributed by atoms with Gasteiger partial charge in [-0.25, -0.2) is 9.97 Å². The van der Waals surface area contributed by atoms with E-state index in [1.54, 1.807) is 0 Å². The van der Waals surface area contributed by atoms with E-state index in [0.29, 0.717) is 0 Å². The molecule has 0 saturated heterocycles. The van der Waals surface area contributed by atoms with E-state index in [1.165, 1.54) is 5.56 Å². The predicted octanol–water partition coefficient (Wildman–Crippen LogP) is 3.61. The number of imidazole rings is 1. The normalized spacial score (nSPS) is 21.4. The van der Waals surface area contributed by atoms with Crippen LogP contribution in [0.1, 0.15) is 36.4 Å². The van der Waals surface area contributed by atoms with Gasteiger partial charge in [-0.2, -0.15) is 0 Å². The third-order valence-electron chi connectivity index (χ3n) is 4.04. The van der Waals surface area contributed by atoms with Crippen LogP contribution >= 0.6 is 15.9 Å². The molecule has 4 rings (SSSR count). The van der Waals surface area contributed by atoms with Crippen molar-refractivity contribution in [2.24, 2.45) is 0 Å². The topological polar surface area (TPSA) is 50.9 Å². The monoisotopic (exact) mass is 343 g/mol. The lowest BCUT2D eigenvalue weighted by Gasteiger charge is -2.28. The Morgan fingerprint density at radius 2 is 1.86 bits per heavy atom. The zero-order chi connectivity index (χ0) is 14.4. The van der Waals surface area contributed by atoms with E-state index in [0.717, 1.165) is 34.4 Å². The first-order valence-electron chi connectivity index (χ1n) is 7.01. The molecule has 3 heterocycles. The number of nitrogens with zero attached hydrogens (tertiary/aromatic N) is 3. The fraction of sp³-hybridized carbons (Fsp3) is 0.250. The van der Waals surface area contributed by atoms with Gasteiger partial charge in [0.25, 0.3) is 0 Å². The molecule has 5 heteroatoms. The van der Waals surface area contributed by atoms with Crippen molar-refractivity contribution >= 4 is 27.1 Å². The zero-order valence-corrected chi connectivity index (χ0v) is 12.9. The first-order valence-corrected chi connectivity index (χ1v) is 7.81. The molecule has 0 spiro atoms. The van der Waals surface area contributed by atoms with Gasteiger partial charge < -0.3 is 9.67 Å². The second kappa shape index (κ2) is 4.93. The molecule has 0 fully saturated rings. The Morgan fingerprint density at radius 1 is 1.05 bits per heavy atom. The molecule has 3 aromatic rings.